The standard InChI is InChI=1S/C16H12O5/c1-19-15(17)9-3-5-13-11(7-9)12-8-10(16(18)20-2)4-6-14(12)21-13/h3-8H,1-2H3. The average Bonchev–Trinajstić information content (AvgIpc) is 2.90. The SMILES string of the molecule is COC(=O)c1ccc2oc3ccc(C(=O)OC)cc3c2c1. The van der Waals surface area contributed by atoms with Crippen LogP contribution < -0.4 is 0 Å². The highest BCUT2D eigenvalue weighted by atomic mass is 16.5. The number of fused-ring (bicyclic) bond motifs is 3. The van der Waals surface area contributed by atoms with Gasteiger partial charge in [-0.05, 0) is 36.4 Å². The summed E-state index contributed by atoms with van der Waals surface area (Å²) < 4.78 is 15.1. The maximum Gasteiger partial charge on any atom is 0.337 e. The van der Waals surface area contributed by atoms with Crippen molar-refractivity contribution in [3.8, 4) is 0 Å². The maximum atomic E-state index is 11.6. The lowest BCUT2D eigenvalue weighted by Crippen LogP contribution is -2.00. The third kappa shape index (κ3) is 2.12. The molecular weight excluding hydrogens is 272 g/mol. The molecule has 0 saturated heterocycles. The van der Waals surface area contributed by atoms with E-state index in [0.717, 1.165) is 10.8 Å². The van der Waals surface area contributed by atoms with Crippen LogP contribution in [0.1, 0.15) is 20.7 Å². The molecule has 106 valence electrons. The third-order valence-electron chi connectivity index (χ3n) is 3.31. The van der Waals surface area contributed by atoms with Gasteiger partial charge in [0.1, 0.15) is 11.2 Å². The average molecular weight is 284 g/mol. The number of rotatable bonds is 2. The molecule has 3 rings (SSSR count). The van der Waals surface area contributed by atoms with Crippen molar-refractivity contribution < 1.29 is 23.5 Å². The quantitative estimate of drug-likeness (QED) is 0.676. The smallest absolute Gasteiger partial charge is 0.337 e. The molecule has 0 N–H and O–H groups in total. The fourth-order valence-electron chi connectivity index (χ4n) is 2.27. The summed E-state index contributed by atoms with van der Waals surface area (Å²) in [4.78, 5) is 23.2. The van der Waals surface area contributed by atoms with E-state index in [1.165, 1.54) is 14.2 Å². The lowest BCUT2D eigenvalue weighted by atomic mass is 10.1. The van der Waals surface area contributed by atoms with Crippen molar-refractivity contribution in [1.82, 2.24) is 0 Å². The fourth-order valence-corrected chi connectivity index (χ4v) is 2.27. The summed E-state index contributed by atoms with van der Waals surface area (Å²) >= 11 is 0. The summed E-state index contributed by atoms with van der Waals surface area (Å²) in [7, 11) is 2.66. The molecule has 0 saturated carbocycles. The molecular formula is C16H12O5. The van der Waals surface area contributed by atoms with Gasteiger partial charge >= 0.3 is 11.9 Å². The first-order valence-corrected chi connectivity index (χ1v) is 6.27. The summed E-state index contributed by atoms with van der Waals surface area (Å²) in [6.45, 7) is 0. The number of esters is 2. The summed E-state index contributed by atoms with van der Waals surface area (Å²) in [6.07, 6.45) is 0. The van der Waals surface area contributed by atoms with E-state index >= 15 is 0 Å². The van der Waals surface area contributed by atoms with Crippen molar-refractivity contribution in [3.05, 3.63) is 47.5 Å². The molecule has 2 aromatic carbocycles. The van der Waals surface area contributed by atoms with Crippen LogP contribution in [0.5, 0.6) is 0 Å². The first-order chi connectivity index (χ1) is 10.1. The number of hydrogen-bond donors (Lipinski definition) is 0. The Balaban J connectivity index is 2.25. The summed E-state index contributed by atoms with van der Waals surface area (Å²) in [5, 5.41) is 1.50. The van der Waals surface area contributed by atoms with Crippen molar-refractivity contribution in [1.29, 1.82) is 0 Å². The van der Waals surface area contributed by atoms with Gasteiger partial charge < -0.3 is 13.9 Å². The number of methoxy groups -OCH3 is 2. The Labute approximate surface area is 120 Å². The molecule has 0 amide bonds. The Morgan fingerprint density at radius 3 is 1.62 bits per heavy atom. The van der Waals surface area contributed by atoms with Gasteiger partial charge in [0.25, 0.3) is 0 Å². The van der Waals surface area contributed by atoms with E-state index in [-0.39, 0.29) is 0 Å². The summed E-state index contributed by atoms with van der Waals surface area (Å²) in [5.41, 5.74) is 2.13. The van der Waals surface area contributed by atoms with Gasteiger partial charge in [-0.3, -0.25) is 0 Å². The van der Waals surface area contributed by atoms with Crippen LogP contribution in [0.15, 0.2) is 40.8 Å². The zero-order valence-electron chi connectivity index (χ0n) is 11.5. The monoisotopic (exact) mass is 284 g/mol. The van der Waals surface area contributed by atoms with Gasteiger partial charge in [-0.15, -0.1) is 0 Å². The van der Waals surface area contributed by atoms with E-state index in [2.05, 4.69) is 0 Å². The van der Waals surface area contributed by atoms with Crippen molar-refractivity contribution in [2.75, 3.05) is 14.2 Å². The van der Waals surface area contributed by atoms with Crippen molar-refractivity contribution in [2.45, 2.75) is 0 Å². The van der Waals surface area contributed by atoms with Crippen LogP contribution in [0.2, 0.25) is 0 Å². The van der Waals surface area contributed by atoms with Crippen molar-refractivity contribution >= 4 is 33.9 Å². The normalized spacial score (nSPS) is 10.8. The highest BCUT2D eigenvalue weighted by Crippen LogP contribution is 2.30. The van der Waals surface area contributed by atoms with Gasteiger partial charge in [-0.25, -0.2) is 9.59 Å². The van der Waals surface area contributed by atoms with Crippen LogP contribution in [0.3, 0.4) is 0 Å². The van der Waals surface area contributed by atoms with Crippen LogP contribution in [0.4, 0.5) is 0 Å². The van der Waals surface area contributed by atoms with E-state index < -0.39 is 11.9 Å². The molecule has 0 spiro atoms. The van der Waals surface area contributed by atoms with Crippen LogP contribution >= 0.6 is 0 Å². The maximum absolute atomic E-state index is 11.6. The molecule has 1 aromatic heterocycles. The molecule has 0 atom stereocenters. The molecule has 0 aliphatic carbocycles. The zero-order valence-corrected chi connectivity index (χ0v) is 11.5. The molecule has 5 nitrogen and oxygen atoms in total. The number of hydrogen-bond acceptors (Lipinski definition) is 5. The number of benzene rings is 2. The van der Waals surface area contributed by atoms with E-state index in [0.29, 0.717) is 22.3 Å². The molecule has 0 aliphatic heterocycles. The minimum atomic E-state index is -0.421. The second-order valence-corrected chi connectivity index (χ2v) is 4.51. The molecule has 21 heavy (non-hydrogen) atoms. The Morgan fingerprint density at radius 2 is 1.24 bits per heavy atom. The Morgan fingerprint density at radius 1 is 0.810 bits per heavy atom. The Kier molecular flexibility index (Phi) is 3.10. The molecule has 5 heteroatoms. The predicted molar refractivity (Wildman–Crippen MR) is 76.4 cm³/mol. The number of carbonyl (C=O) groups excluding carboxylic acids is 2. The van der Waals surface area contributed by atoms with Gasteiger partial charge in [-0.1, -0.05) is 0 Å². The Bertz CT molecular complexity index is 789. The van der Waals surface area contributed by atoms with E-state index in [1.807, 2.05) is 0 Å². The largest absolute Gasteiger partial charge is 0.465 e. The van der Waals surface area contributed by atoms with Gasteiger partial charge in [0.05, 0.1) is 25.3 Å². The van der Waals surface area contributed by atoms with Crippen LogP contribution in [0, 0.1) is 0 Å². The number of ether oxygens (including phenoxy) is 2. The van der Waals surface area contributed by atoms with Crippen LogP contribution in [-0.2, 0) is 9.47 Å². The minimum absolute atomic E-state index is 0.421. The predicted octanol–water partition coefficient (Wildman–Crippen LogP) is 3.16. The molecule has 0 fully saturated rings. The topological polar surface area (TPSA) is 65.7 Å². The number of carbonyl (C=O) groups is 2. The van der Waals surface area contributed by atoms with Crippen LogP contribution in [0.25, 0.3) is 21.9 Å². The molecule has 1 heterocycles. The molecule has 0 bridgehead atoms. The summed E-state index contributed by atoms with van der Waals surface area (Å²) in [5.74, 6) is -0.842. The lowest BCUT2D eigenvalue weighted by Gasteiger charge is -1.99. The van der Waals surface area contributed by atoms with Gasteiger partial charge in [0.2, 0.25) is 0 Å². The second kappa shape index (κ2) is 4.94. The van der Waals surface area contributed by atoms with Crippen molar-refractivity contribution in [2.24, 2.45) is 0 Å². The minimum Gasteiger partial charge on any atom is -0.465 e. The fraction of sp³-hybridized carbons (Fsp3) is 0.125. The highest BCUT2D eigenvalue weighted by molar-refractivity contribution is 6.09. The van der Waals surface area contributed by atoms with E-state index in [4.69, 9.17) is 13.9 Å². The first-order valence-electron chi connectivity index (χ1n) is 6.27. The van der Waals surface area contributed by atoms with Gasteiger partial charge in [-0.2, -0.15) is 0 Å². The number of furan rings is 1. The third-order valence-corrected chi connectivity index (χ3v) is 3.31. The molecule has 0 unspecified atom stereocenters. The molecule has 0 radical (unpaired) electrons. The lowest BCUT2D eigenvalue weighted by molar-refractivity contribution is 0.0592. The molecule has 3 aromatic rings. The zero-order chi connectivity index (χ0) is 15.0. The van der Waals surface area contributed by atoms with E-state index in [9.17, 15) is 9.59 Å². The highest BCUT2D eigenvalue weighted by Gasteiger charge is 2.14. The van der Waals surface area contributed by atoms with Gasteiger partial charge in [0, 0.05) is 10.8 Å². The molecule has 0 aliphatic rings. The Hall–Kier alpha value is -2.82. The van der Waals surface area contributed by atoms with Crippen molar-refractivity contribution in [3.63, 3.8) is 0 Å². The van der Waals surface area contributed by atoms with Gasteiger partial charge in [0.15, 0.2) is 0 Å². The first kappa shape index (κ1) is 13.2. The van der Waals surface area contributed by atoms with E-state index in [1.54, 1.807) is 36.4 Å². The summed E-state index contributed by atoms with van der Waals surface area (Å²) in [6, 6.07) is 10.1. The van der Waals surface area contributed by atoms with Crippen LogP contribution in [-0.4, -0.2) is 26.2 Å². The second-order valence-electron chi connectivity index (χ2n) is 4.51.